The molecule has 2 rings (SSSR count). The molecule has 0 spiro atoms. The Labute approximate surface area is 103 Å². The van der Waals surface area contributed by atoms with Crippen LogP contribution in [0.25, 0.3) is 6.08 Å². The number of aromatic hydroxyl groups is 1. The summed E-state index contributed by atoms with van der Waals surface area (Å²) in [5.74, 6) is 1.76. The smallest absolute Gasteiger partial charge is 0.115 e. The zero-order valence-electron chi connectivity index (χ0n) is 10.1. The van der Waals surface area contributed by atoms with Gasteiger partial charge in [0.25, 0.3) is 0 Å². The highest BCUT2D eigenvalue weighted by Gasteiger charge is 2.06. The molecular formula is C16H17O. The van der Waals surface area contributed by atoms with Crippen LogP contribution in [-0.4, -0.2) is 5.11 Å². The first kappa shape index (κ1) is 11.7. The van der Waals surface area contributed by atoms with Crippen LogP contribution in [0, 0.1) is 5.92 Å². The number of benzene rings is 1. The topological polar surface area (TPSA) is 20.2 Å². The molecule has 87 valence electrons. The van der Waals surface area contributed by atoms with Gasteiger partial charge in [-0.2, -0.15) is 0 Å². The van der Waals surface area contributed by atoms with Crippen molar-refractivity contribution in [3.63, 3.8) is 0 Å². The van der Waals surface area contributed by atoms with Crippen molar-refractivity contribution < 1.29 is 5.11 Å². The van der Waals surface area contributed by atoms with E-state index in [4.69, 9.17) is 0 Å². The molecule has 1 nitrogen and oxygen atoms in total. The van der Waals surface area contributed by atoms with E-state index in [0.717, 1.165) is 18.4 Å². The van der Waals surface area contributed by atoms with Crippen LogP contribution in [-0.2, 0) is 0 Å². The molecule has 0 fully saturated rings. The Kier molecular flexibility index (Phi) is 3.81. The summed E-state index contributed by atoms with van der Waals surface area (Å²) in [6.07, 6.45) is 12.8. The van der Waals surface area contributed by atoms with Gasteiger partial charge in [0.15, 0.2) is 0 Å². The van der Waals surface area contributed by atoms with E-state index in [-0.39, 0.29) is 0 Å². The quantitative estimate of drug-likeness (QED) is 0.814. The van der Waals surface area contributed by atoms with Crippen molar-refractivity contribution in [2.45, 2.75) is 19.8 Å². The van der Waals surface area contributed by atoms with E-state index >= 15 is 0 Å². The van der Waals surface area contributed by atoms with Gasteiger partial charge < -0.3 is 5.11 Å². The summed E-state index contributed by atoms with van der Waals surface area (Å²) in [7, 11) is 0. The molecule has 1 aromatic carbocycles. The molecule has 0 heterocycles. The van der Waals surface area contributed by atoms with E-state index in [0.29, 0.717) is 5.75 Å². The fourth-order valence-electron chi connectivity index (χ4n) is 1.95. The Morgan fingerprint density at radius 1 is 1.24 bits per heavy atom. The average Bonchev–Trinajstić information content (AvgIpc) is 2.33. The number of hydrogen-bond donors (Lipinski definition) is 1. The standard InChI is InChI=1S/C16H17O/c1-13(11-14-5-3-2-4-6-14)12-15-7-9-16(17)10-8-15/h2-5,7-10,12,17H,6,11H2,1H3. The average molecular weight is 225 g/mol. The van der Waals surface area contributed by atoms with Crippen molar-refractivity contribution in [1.29, 1.82) is 0 Å². The maximum Gasteiger partial charge on any atom is 0.115 e. The lowest BCUT2D eigenvalue weighted by atomic mass is 9.93. The second-order valence-electron chi connectivity index (χ2n) is 4.41. The molecule has 0 amide bonds. The molecule has 0 atom stereocenters. The molecule has 1 aliphatic rings. The normalized spacial score (nSPS) is 16.4. The van der Waals surface area contributed by atoms with Crippen molar-refractivity contribution in [1.82, 2.24) is 0 Å². The Morgan fingerprint density at radius 2 is 2.00 bits per heavy atom. The van der Waals surface area contributed by atoms with Gasteiger partial charge in [-0.15, -0.1) is 0 Å². The van der Waals surface area contributed by atoms with Gasteiger partial charge in [-0.3, -0.25) is 0 Å². The Hall–Kier alpha value is -1.76. The first-order valence-corrected chi connectivity index (χ1v) is 5.88. The molecule has 1 radical (unpaired) electrons. The van der Waals surface area contributed by atoms with Gasteiger partial charge in [0, 0.05) is 5.92 Å². The van der Waals surface area contributed by atoms with Crippen molar-refractivity contribution in [2.75, 3.05) is 0 Å². The Balaban J connectivity index is 1.99. The van der Waals surface area contributed by atoms with Crippen LogP contribution in [0.3, 0.4) is 0 Å². The molecule has 1 aliphatic carbocycles. The maximum absolute atomic E-state index is 9.21. The molecule has 0 unspecified atom stereocenters. The van der Waals surface area contributed by atoms with Crippen LogP contribution >= 0.6 is 0 Å². The van der Waals surface area contributed by atoms with Crippen molar-refractivity contribution in [2.24, 2.45) is 0 Å². The molecule has 0 saturated heterocycles. The first-order valence-electron chi connectivity index (χ1n) is 5.88. The lowest BCUT2D eigenvalue weighted by molar-refractivity contribution is 0.475. The first-order chi connectivity index (χ1) is 8.24. The van der Waals surface area contributed by atoms with Crippen LogP contribution in [0.2, 0.25) is 0 Å². The van der Waals surface area contributed by atoms with Crippen LogP contribution in [0.15, 0.2) is 54.1 Å². The van der Waals surface area contributed by atoms with Gasteiger partial charge in [0.1, 0.15) is 5.75 Å². The van der Waals surface area contributed by atoms with E-state index in [2.05, 4.69) is 37.3 Å². The fourth-order valence-corrected chi connectivity index (χ4v) is 1.95. The second kappa shape index (κ2) is 5.53. The predicted molar refractivity (Wildman–Crippen MR) is 72.5 cm³/mol. The van der Waals surface area contributed by atoms with E-state index in [1.165, 1.54) is 11.5 Å². The third-order valence-corrected chi connectivity index (χ3v) is 2.77. The monoisotopic (exact) mass is 225 g/mol. The van der Waals surface area contributed by atoms with Gasteiger partial charge in [-0.25, -0.2) is 0 Å². The molecule has 1 aromatic rings. The molecule has 0 bridgehead atoms. The van der Waals surface area contributed by atoms with E-state index in [9.17, 15) is 5.11 Å². The number of phenolic OH excluding ortho intramolecular Hbond substituents is 1. The summed E-state index contributed by atoms with van der Waals surface area (Å²) in [5.41, 5.74) is 2.47. The Bertz CT molecular complexity index is 449. The number of hydrogen-bond acceptors (Lipinski definition) is 1. The SMILES string of the molecule is CC(=Cc1ccc(O)cc1)C[C]1C=CC=CC1. The summed E-state index contributed by atoms with van der Waals surface area (Å²) in [5, 5.41) is 9.21. The van der Waals surface area contributed by atoms with Crippen molar-refractivity contribution in [3.8, 4) is 5.75 Å². The largest absolute Gasteiger partial charge is 0.508 e. The summed E-state index contributed by atoms with van der Waals surface area (Å²) in [6, 6.07) is 7.30. The summed E-state index contributed by atoms with van der Waals surface area (Å²) in [6.45, 7) is 2.14. The van der Waals surface area contributed by atoms with E-state index < -0.39 is 0 Å². The third kappa shape index (κ3) is 3.63. The van der Waals surface area contributed by atoms with Gasteiger partial charge in [0.05, 0.1) is 0 Å². The highest BCUT2D eigenvalue weighted by atomic mass is 16.3. The highest BCUT2D eigenvalue weighted by molar-refractivity contribution is 5.54. The molecule has 0 saturated carbocycles. The van der Waals surface area contributed by atoms with Gasteiger partial charge in [-0.1, -0.05) is 48.1 Å². The zero-order valence-corrected chi connectivity index (χ0v) is 10.1. The zero-order chi connectivity index (χ0) is 12.1. The summed E-state index contributed by atoms with van der Waals surface area (Å²) < 4.78 is 0. The molecule has 1 heteroatoms. The minimum absolute atomic E-state index is 0.314. The van der Waals surface area contributed by atoms with Gasteiger partial charge >= 0.3 is 0 Å². The van der Waals surface area contributed by atoms with Gasteiger partial charge in [0.2, 0.25) is 0 Å². The maximum atomic E-state index is 9.21. The van der Waals surface area contributed by atoms with Crippen LogP contribution in [0.4, 0.5) is 0 Å². The number of phenols is 1. The minimum atomic E-state index is 0.314. The van der Waals surface area contributed by atoms with Crippen LogP contribution < -0.4 is 0 Å². The minimum Gasteiger partial charge on any atom is -0.508 e. The van der Waals surface area contributed by atoms with Crippen molar-refractivity contribution in [3.05, 3.63) is 65.6 Å². The summed E-state index contributed by atoms with van der Waals surface area (Å²) >= 11 is 0. The predicted octanol–water partition coefficient (Wildman–Crippen LogP) is 4.28. The number of rotatable bonds is 3. The van der Waals surface area contributed by atoms with E-state index in [1.807, 2.05) is 12.1 Å². The second-order valence-corrected chi connectivity index (χ2v) is 4.41. The van der Waals surface area contributed by atoms with Crippen molar-refractivity contribution >= 4 is 6.08 Å². The Morgan fingerprint density at radius 3 is 2.65 bits per heavy atom. The van der Waals surface area contributed by atoms with Crippen LogP contribution in [0.5, 0.6) is 5.75 Å². The number of allylic oxidation sites excluding steroid dienone is 5. The molecule has 0 aromatic heterocycles. The lowest BCUT2D eigenvalue weighted by Crippen LogP contribution is -1.95. The summed E-state index contributed by atoms with van der Waals surface area (Å²) in [4.78, 5) is 0. The molecule has 0 aliphatic heterocycles. The van der Waals surface area contributed by atoms with Crippen LogP contribution in [0.1, 0.15) is 25.3 Å². The molecule has 17 heavy (non-hydrogen) atoms. The van der Waals surface area contributed by atoms with E-state index in [1.54, 1.807) is 12.1 Å². The molecule has 1 N–H and O–H groups in total. The lowest BCUT2D eigenvalue weighted by Gasteiger charge is -2.12. The molecular weight excluding hydrogens is 208 g/mol. The fraction of sp³-hybridized carbons (Fsp3) is 0.188. The third-order valence-electron chi connectivity index (χ3n) is 2.77. The highest BCUT2D eigenvalue weighted by Crippen LogP contribution is 2.23. The van der Waals surface area contributed by atoms with Gasteiger partial charge in [-0.05, 0) is 37.5 Å².